The topological polar surface area (TPSA) is 379 Å². The normalized spacial score (nSPS) is 6.60. The quantitative estimate of drug-likeness (QED) is 0.153. The monoisotopic (exact) mass is 1410 g/mol. The summed E-state index contributed by atoms with van der Waals surface area (Å²) in [4.78, 5) is 0. The van der Waals surface area contributed by atoms with Gasteiger partial charge in [-0.2, -0.15) is 0 Å². The molecule has 0 aliphatic heterocycles. The molecule has 2 rings (SSSR count). The Labute approximate surface area is 297 Å². The van der Waals surface area contributed by atoms with Gasteiger partial charge in [0.25, 0.3) is 0 Å². The average molecular weight is 1420 g/mol. The fourth-order valence-electron chi connectivity index (χ4n) is 1.08. The summed E-state index contributed by atoms with van der Waals surface area (Å²) in [6.07, 6.45) is 0. The molecule has 0 N–H and O–H groups in total. The van der Waals surface area contributed by atoms with Crippen molar-refractivity contribution in [2.24, 2.45) is 0 Å². The Morgan fingerprint density at radius 3 is 0.558 bits per heavy atom. The summed E-state index contributed by atoms with van der Waals surface area (Å²) in [5.74, 6) is 0. The minimum Gasteiger partial charge on any atom is -0.0619 e. The number of hydrogen-bond acceptors (Lipinski definition) is 18. The van der Waals surface area contributed by atoms with E-state index in [-0.39, 0.29) is 49.4 Å². The number of hydrogen-bond donors (Lipinski definition) is 0. The summed E-state index contributed by atoms with van der Waals surface area (Å²) in [5, 5.41) is 0. The van der Waals surface area contributed by atoms with Gasteiger partial charge < -0.3 is 0 Å². The maximum atomic E-state index is 8.60. The van der Waals surface area contributed by atoms with Crippen molar-refractivity contribution in [2.45, 2.75) is 0 Å². The summed E-state index contributed by atoms with van der Waals surface area (Å²) in [7, 11) is 0. The molecule has 0 spiro atoms. The van der Waals surface area contributed by atoms with Crippen LogP contribution in [0, 0.1) is 7.14 Å². The summed E-state index contributed by atoms with van der Waals surface area (Å²) in [5.41, 5.74) is 0. The van der Waals surface area contributed by atoms with Crippen molar-refractivity contribution in [3.8, 4) is 0 Å². The maximum Gasteiger partial charge on any atom is 0.357 e. The van der Waals surface area contributed by atoms with Gasteiger partial charge in [0.2, 0.25) is 0 Å². The molecule has 18 nitrogen and oxygen atoms in total. The zero-order valence-corrected chi connectivity index (χ0v) is 37.1. The molecule has 2 aromatic carbocycles. The molecule has 0 unspecified atom stereocenters. The molecule has 0 saturated carbocycles. The molecule has 0 amide bonds. The number of halogens is 7. The van der Waals surface area contributed by atoms with E-state index < -0.39 is 126 Å². The van der Waals surface area contributed by atoms with Crippen LogP contribution in [0.15, 0.2) is 60.7 Å². The summed E-state index contributed by atoms with van der Waals surface area (Å²) >= 11 is -25.2. The predicted octanol–water partition coefficient (Wildman–Crippen LogP) is -16.5. The molecule has 0 aliphatic rings. The first-order valence-corrected chi connectivity index (χ1v) is 28.4. The maximum absolute atomic E-state index is 8.60. The molecule has 43 heavy (non-hydrogen) atoms. The molecular weight excluding hydrogens is 1400 g/mol. The fourth-order valence-corrected chi connectivity index (χ4v) is 3.35. The van der Waals surface area contributed by atoms with Crippen molar-refractivity contribution in [1.82, 2.24) is 0 Å². The van der Waals surface area contributed by atoms with Gasteiger partial charge in [-0.25, -0.2) is 0 Å². The second-order valence-corrected chi connectivity index (χ2v) is 14.7. The van der Waals surface area contributed by atoms with Crippen LogP contribution in [0.5, 0.6) is 0 Å². The van der Waals surface area contributed by atoms with Gasteiger partial charge in [0.1, 0.15) is 0 Å². The molecule has 0 atom stereocenters. The van der Waals surface area contributed by atoms with Crippen molar-refractivity contribution in [3.63, 3.8) is 0 Å². The van der Waals surface area contributed by atoms with Gasteiger partial charge in [-0.05, 0) is 24.3 Å². The van der Waals surface area contributed by atoms with Crippen LogP contribution >= 0.6 is 0 Å². The molecule has 2 aromatic rings. The largest absolute Gasteiger partial charge is 0.357 e. The zero-order chi connectivity index (χ0) is 30.4. The predicted molar refractivity (Wildman–Crippen MR) is 104 cm³/mol. The molecule has 6 radical (unpaired) electrons. The molecule has 0 heterocycles. The van der Waals surface area contributed by atoms with E-state index in [0.29, 0.717) is 0 Å². The van der Waals surface area contributed by atoms with E-state index in [1.54, 1.807) is 0 Å². The smallest absolute Gasteiger partial charge is 0.0619 e. The zero-order valence-electron chi connectivity index (χ0n) is 19.6. The van der Waals surface area contributed by atoms with Crippen molar-refractivity contribution in [1.29, 1.82) is 0 Å². The Kier molecular flexibility index (Phi) is 104. The summed E-state index contributed by atoms with van der Waals surface area (Å²) < 4.78 is 158. The van der Waals surface area contributed by atoms with Crippen LogP contribution in [0.25, 0.3) is 0 Å². The van der Waals surface area contributed by atoms with Gasteiger partial charge in [-0.1, -0.05) is 36.4 Å². The van der Waals surface area contributed by atoms with E-state index in [2.05, 4.69) is 60.7 Å². The van der Waals surface area contributed by atoms with E-state index in [0.717, 1.165) is 0 Å². The molecule has 0 bridgehead atoms. The van der Waals surface area contributed by atoms with Crippen molar-refractivity contribution < 1.29 is 108 Å². The van der Waals surface area contributed by atoms with Gasteiger partial charge >= 0.3 is 206 Å². The Morgan fingerprint density at radius 2 is 0.442 bits per heavy atom. The minimum atomic E-state index is -4.20. The second-order valence-electron chi connectivity index (χ2n) is 4.03. The SMILES string of the molecule is F.F.F.F.F.F.[O]=[Sb]([O-])[O-].[O]=[Sb]([O-])[O-].[O]=[Sb]([O-])[O-].[O]=[Sb]([O-])[O-].[O]=[Sb]([O-])[O-].[O]=[Sb]([O-])[O-].c1ccc([I+]c2ccccc2)cc1. The fraction of sp³-hybridized carbons (Fsp3) is 0. The third kappa shape index (κ3) is 160. The Bertz CT molecular complexity index is 775. The molecule has 0 aromatic heterocycles. The number of rotatable bonds is 2. The van der Waals surface area contributed by atoms with E-state index in [1.807, 2.05) is 0 Å². The van der Waals surface area contributed by atoms with Crippen LogP contribution < -0.4 is 61.8 Å². The van der Waals surface area contributed by atoms with E-state index >= 15 is 0 Å². The van der Waals surface area contributed by atoms with Gasteiger partial charge in [-0.15, -0.1) is 0 Å². The molecule has 262 valence electrons. The first-order chi connectivity index (χ1) is 16.8. The molecule has 31 heteroatoms. The van der Waals surface area contributed by atoms with Crippen molar-refractivity contribution in [2.75, 3.05) is 0 Å². The van der Waals surface area contributed by atoms with Gasteiger partial charge in [0.05, 0.1) is 0 Å². The van der Waals surface area contributed by atoms with Crippen LogP contribution in [-0.4, -0.2) is 126 Å². The first kappa shape index (κ1) is 75.3. The second kappa shape index (κ2) is 59.4. The molecular formula is C12H16F6IO18Sb6-11. The van der Waals surface area contributed by atoms with Gasteiger partial charge in [-0.3, -0.25) is 28.2 Å². The Hall–Kier alpha value is 1.98. The standard InChI is InChI=1S/C12H10I.6FH.18O.6Sb/c1-3-7-11(8-4-1)13-12-9-5-2-6-10-12;;;;;;;;;;;;;;;;;;;;;;;;;;;;;;/h1-10H;6*1H;;;;;;;;;;;;;;;;;;;;;;;;/q+1;;;;;;;;;;;;;12*-1;;;;;;. The first-order valence-electron chi connectivity index (χ1n) is 7.49. The summed E-state index contributed by atoms with van der Waals surface area (Å²) in [6, 6.07) is 21.4. The molecule has 0 fully saturated rings. The van der Waals surface area contributed by atoms with Crippen LogP contribution in [0.3, 0.4) is 0 Å². The Morgan fingerprint density at radius 1 is 0.326 bits per heavy atom. The average Bonchev–Trinajstić information content (AvgIpc) is 2.67. The van der Waals surface area contributed by atoms with Gasteiger partial charge in [0.15, 0.2) is 7.14 Å². The van der Waals surface area contributed by atoms with Crippen LogP contribution in [0.2, 0.25) is 0 Å². The molecule has 0 saturated heterocycles. The van der Waals surface area contributed by atoms with Crippen molar-refractivity contribution >= 4 is 126 Å². The van der Waals surface area contributed by atoms with Crippen LogP contribution in [-0.2, 0) is 18.1 Å². The van der Waals surface area contributed by atoms with Crippen LogP contribution in [0.1, 0.15) is 0 Å². The molecule has 0 aliphatic carbocycles. The van der Waals surface area contributed by atoms with Crippen LogP contribution in [0.4, 0.5) is 28.2 Å². The van der Waals surface area contributed by atoms with E-state index in [4.69, 9.17) is 58.7 Å². The Balaban J connectivity index is -0.0000000330. The van der Waals surface area contributed by atoms with Gasteiger partial charge in [0, 0.05) is 0 Å². The number of benzene rings is 2. The van der Waals surface area contributed by atoms with E-state index in [9.17, 15) is 0 Å². The minimum absolute atomic E-state index is 0. The third-order valence-electron chi connectivity index (χ3n) is 1.68. The summed E-state index contributed by atoms with van der Waals surface area (Å²) in [6.45, 7) is 0. The van der Waals surface area contributed by atoms with E-state index in [1.165, 1.54) is 7.14 Å². The third-order valence-corrected chi connectivity index (χ3v) is 4.37. The van der Waals surface area contributed by atoms with Crippen molar-refractivity contribution in [3.05, 3.63) is 67.8 Å².